The summed E-state index contributed by atoms with van der Waals surface area (Å²) in [6, 6.07) is 10.7. The van der Waals surface area contributed by atoms with Gasteiger partial charge in [-0.15, -0.1) is 0 Å². The Kier molecular flexibility index (Phi) is 8.11. The fourth-order valence-electron chi connectivity index (χ4n) is 3.93. The quantitative estimate of drug-likeness (QED) is 0.622. The molecule has 1 aromatic heterocycles. The van der Waals surface area contributed by atoms with Crippen LogP contribution < -0.4 is 5.73 Å². The van der Waals surface area contributed by atoms with Crippen molar-refractivity contribution in [3.05, 3.63) is 46.6 Å². The summed E-state index contributed by atoms with van der Waals surface area (Å²) in [5.41, 5.74) is 11.2. The Bertz CT molecular complexity index is 981. The van der Waals surface area contributed by atoms with Gasteiger partial charge in [0.2, 0.25) is 0 Å². The molecule has 1 heterocycles. The summed E-state index contributed by atoms with van der Waals surface area (Å²) in [5, 5.41) is 25.8. The van der Waals surface area contributed by atoms with E-state index in [0.717, 1.165) is 28.8 Å². The summed E-state index contributed by atoms with van der Waals surface area (Å²) >= 11 is 0. The highest BCUT2D eigenvalue weighted by atomic mass is 16.4. The van der Waals surface area contributed by atoms with Crippen molar-refractivity contribution in [3.63, 3.8) is 0 Å². The van der Waals surface area contributed by atoms with Gasteiger partial charge in [-0.2, -0.15) is 5.26 Å². The molecule has 2 atom stereocenters. The summed E-state index contributed by atoms with van der Waals surface area (Å²) in [6.07, 6.45) is 2.20. The van der Waals surface area contributed by atoms with Gasteiger partial charge in [-0.3, -0.25) is 9.59 Å². The molecule has 1 aromatic carbocycles. The van der Waals surface area contributed by atoms with Gasteiger partial charge >= 0.3 is 5.97 Å². The predicted molar refractivity (Wildman–Crippen MR) is 117 cm³/mol. The lowest BCUT2D eigenvalue weighted by atomic mass is 9.80. The SMILES string of the molecule is CC(c1ccc(-c2c(C#N)c(N)nc3c2CC(CC(=O)O)CC3)cc1)N(C)C.O=CO. The number of aryl methyl sites for hydroxylation is 1. The Morgan fingerprint density at radius 1 is 1.39 bits per heavy atom. The first-order chi connectivity index (χ1) is 14.7. The molecule has 0 bridgehead atoms. The number of benzene rings is 1. The number of pyridine rings is 1. The van der Waals surface area contributed by atoms with Crippen LogP contribution in [-0.4, -0.2) is 46.6 Å². The van der Waals surface area contributed by atoms with Gasteiger partial charge in [-0.1, -0.05) is 24.3 Å². The first-order valence-corrected chi connectivity index (χ1v) is 10.0. The van der Waals surface area contributed by atoms with Crippen LogP contribution in [0.25, 0.3) is 11.1 Å². The van der Waals surface area contributed by atoms with Crippen LogP contribution in [0.5, 0.6) is 0 Å². The number of nitriles is 1. The summed E-state index contributed by atoms with van der Waals surface area (Å²) in [7, 11) is 4.07. The van der Waals surface area contributed by atoms with Crippen LogP contribution in [0.1, 0.15) is 48.2 Å². The molecule has 8 nitrogen and oxygen atoms in total. The van der Waals surface area contributed by atoms with Crippen LogP contribution in [0.3, 0.4) is 0 Å². The van der Waals surface area contributed by atoms with Crippen LogP contribution in [0.4, 0.5) is 5.82 Å². The molecular weight excluding hydrogens is 396 g/mol. The molecule has 0 saturated carbocycles. The molecule has 0 amide bonds. The Labute approximate surface area is 181 Å². The molecule has 2 unspecified atom stereocenters. The van der Waals surface area contributed by atoms with E-state index in [1.807, 2.05) is 26.2 Å². The monoisotopic (exact) mass is 424 g/mol. The minimum Gasteiger partial charge on any atom is -0.483 e. The van der Waals surface area contributed by atoms with E-state index in [1.54, 1.807) is 0 Å². The lowest BCUT2D eigenvalue weighted by Crippen LogP contribution is -2.21. The highest BCUT2D eigenvalue weighted by Gasteiger charge is 2.27. The first kappa shape index (κ1) is 23.8. The van der Waals surface area contributed by atoms with E-state index in [-0.39, 0.29) is 30.7 Å². The molecule has 0 spiro atoms. The van der Waals surface area contributed by atoms with Crippen molar-refractivity contribution >= 4 is 18.3 Å². The number of aromatic nitrogens is 1. The van der Waals surface area contributed by atoms with Crippen molar-refractivity contribution in [2.75, 3.05) is 19.8 Å². The molecule has 164 valence electrons. The van der Waals surface area contributed by atoms with Gasteiger partial charge in [0.25, 0.3) is 6.47 Å². The Balaban J connectivity index is 0.00000107. The zero-order chi connectivity index (χ0) is 23.1. The number of fused-ring (bicyclic) bond motifs is 1. The summed E-state index contributed by atoms with van der Waals surface area (Å²) < 4.78 is 0. The van der Waals surface area contributed by atoms with Gasteiger partial charge in [0, 0.05) is 23.7 Å². The van der Waals surface area contributed by atoms with Crippen molar-refractivity contribution < 1.29 is 19.8 Å². The van der Waals surface area contributed by atoms with Crippen molar-refractivity contribution in [3.8, 4) is 17.2 Å². The molecule has 8 heteroatoms. The Morgan fingerprint density at radius 3 is 2.52 bits per heavy atom. The van der Waals surface area contributed by atoms with Gasteiger partial charge in [0.1, 0.15) is 17.5 Å². The van der Waals surface area contributed by atoms with Crippen molar-refractivity contribution in [1.29, 1.82) is 5.26 Å². The maximum Gasteiger partial charge on any atom is 0.303 e. The minimum atomic E-state index is -0.791. The molecule has 0 saturated heterocycles. The van der Waals surface area contributed by atoms with E-state index >= 15 is 0 Å². The maximum atomic E-state index is 11.2. The molecule has 31 heavy (non-hydrogen) atoms. The van der Waals surface area contributed by atoms with Gasteiger partial charge in [-0.25, -0.2) is 4.98 Å². The first-order valence-electron chi connectivity index (χ1n) is 10.0. The average Bonchev–Trinajstić information content (AvgIpc) is 2.72. The third-order valence-electron chi connectivity index (χ3n) is 5.73. The topological polar surface area (TPSA) is 141 Å². The van der Waals surface area contributed by atoms with Gasteiger partial charge < -0.3 is 20.8 Å². The van der Waals surface area contributed by atoms with Crippen LogP contribution in [0.15, 0.2) is 24.3 Å². The Morgan fingerprint density at radius 2 is 2.00 bits per heavy atom. The van der Waals surface area contributed by atoms with Crippen LogP contribution in [0.2, 0.25) is 0 Å². The number of nitrogens with two attached hydrogens (primary N) is 1. The summed E-state index contributed by atoms with van der Waals surface area (Å²) in [5.74, 6) is -0.492. The highest BCUT2D eigenvalue weighted by molar-refractivity contribution is 5.79. The molecule has 0 fully saturated rings. The lowest BCUT2D eigenvalue weighted by molar-refractivity contribution is -0.138. The number of carboxylic acids is 1. The second kappa shape index (κ2) is 10.5. The summed E-state index contributed by atoms with van der Waals surface area (Å²) in [4.78, 5) is 26.1. The fraction of sp³-hybridized carbons (Fsp3) is 0.391. The van der Waals surface area contributed by atoms with E-state index < -0.39 is 5.97 Å². The number of anilines is 1. The highest BCUT2D eigenvalue weighted by Crippen LogP contribution is 2.38. The van der Waals surface area contributed by atoms with Crippen LogP contribution >= 0.6 is 0 Å². The molecule has 1 aliphatic carbocycles. The number of rotatable bonds is 5. The number of carboxylic acid groups (broad SMARTS) is 2. The smallest absolute Gasteiger partial charge is 0.303 e. The van der Waals surface area contributed by atoms with Gasteiger partial charge in [0.05, 0.1) is 0 Å². The number of nitrogen functional groups attached to an aromatic ring is 1. The normalized spacial score (nSPS) is 15.8. The second-order valence-corrected chi connectivity index (χ2v) is 7.86. The molecule has 0 radical (unpaired) electrons. The second-order valence-electron chi connectivity index (χ2n) is 7.86. The zero-order valence-electron chi connectivity index (χ0n) is 18.0. The largest absolute Gasteiger partial charge is 0.483 e. The van der Waals surface area contributed by atoms with E-state index in [0.29, 0.717) is 18.4 Å². The average molecular weight is 425 g/mol. The molecule has 0 aliphatic heterocycles. The molecule has 1 aliphatic rings. The number of nitrogens with zero attached hydrogens (tertiary/aromatic N) is 3. The van der Waals surface area contributed by atoms with E-state index in [1.165, 1.54) is 5.56 Å². The minimum absolute atomic E-state index is 0.0498. The van der Waals surface area contributed by atoms with Crippen molar-refractivity contribution in [1.82, 2.24) is 9.88 Å². The number of hydrogen-bond acceptors (Lipinski definition) is 6. The number of carbonyl (C=O) groups is 2. The van der Waals surface area contributed by atoms with E-state index in [4.69, 9.17) is 15.6 Å². The Hall–Kier alpha value is -3.44. The fourth-order valence-corrected chi connectivity index (χ4v) is 3.93. The van der Waals surface area contributed by atoms with Crippen LogP contribution in [0, 0.1) is 17.2 Å². The zero-order valence-corrected chi connectivity index (χ0v) is 18.0. The van der Waals surface area contributed by atoms with Crippen LogP contribution in [-0.2, 0) is 22.4 Å². The van der Waals surface area contributed by atoms with E-state index in [9.17, 15) is 15.2 Å². The third-order valence-corrected chi connectivity index (χ3v) is 5.73. The molecule has 2 aromatic rings. The van der Waals surface area contributed by atoms with Crippen molar-refractivity contribution in [2.45, 2.75) is 38.6 Å². The molecular formula is C23H28N4O4. The third kappa shape index (κ3) is 5.58. The standard InChI is InChI=1S/C22H26N4O2.CH2O2/c1-13(26(2)3)15-5-7-16(8-6-15)21-17-10-14(11-20(27)28)4-9-19(17)25-22(24)18(21)12-23;2-1-3/h5-8,13-14H,4,9-11H2,1-3H3,(H2,24,25)(H,27,28);1H,(H,2,3). The molecule has 4 N–H and O–H groups in total. The van der Waals surface area contributed by atoms with Gasteiger partial charge in [0.15, 0.2) is 0 Å². The number of hydrogen-bond donors (Lipinski definition) is 3. The maximum absolute atomic E-state index is 11.2. The van der Waals surface area contributed by atoms with Gasteiger partial charge in [-0.05, 0) is 62.9 Å². The van der Waals surface area contributed by atoms with E-state index in [2.05, 4.69) is 35.0 Å². The lowest BCUT2D eigenvalue weighted by Gasteiger charge is -2.26. The summed E-state index contributed by atoms with van der Waals surface area (Å²) in [6.45, 7) is 1.89. The molecule has 3 rings (SSSR count). The predicted octanol–water partition coefficient (Wildman–Crippen LogP) is 3.11. The van der Waals surface area contributed by atoms with Crippen molar-refractivity contribution in [2.24, 2.45) is 5.92 Å². The number of aliphatic carboxylic acids is 1.